The maximum Gasteiger partial charge on any atom is 0.416 e. The van der Waals surface area contributed by atoms with Crippen LogP contribution in [0.3, 0.4) is 0 Å². The lowest BCUT2D eigenvalue weighted by Gasteiger charge is -2.09. The summed E-state index contributed by atoms with van der Waals surface area (Å²) < 4.78 is 36.8. The Balaban J connectivity index is 0.00000196. The van der Waals surface area contributed by atoms with Gasteiger partial charge in [0.15, 0.2) is 0 Å². The second kappa shape index (κ2) is 5.58. The van der Waals surface area contributed by atoms with Crippen molar-refractivity contribution < 1.29 is 13.2 Å². The Hall–Kier alpha value is -0.450. The maximum atomic E-state index is 12.3. The molecule has 0 aliphatic carbocycles. The van der Waals surface area contributed by atoms with E-state index in [4.69, 9.17) is 11.6 Å². The van der Waals surface area contributed by atoms with Gasteiger partial charge in [0.25, 0.3) is 0 Å². The van der Waals surface area contributed by atoms with E-state index in [9.17, 15) is 13.2 Å². The van der Waals surface area contributed by atoms with Crippen LogP contribution < -0.4 is 5.32 Å². The Morgan fingerprint density at radius 1 is 1.33 bits per heavy atom. The summed E-state index contributed by atoms with van der Waals surface area (Å²) in [6.45, 7) is 0.322. The van der Waals surface area contributed by atoms with E-state index in [1.165, 1.54) is 6.07 Å². The topological polar surface area (TPSA) is 12.0 Å². The summed E-state index contributed by atoms with van der Waals surface area (Å²) in [5.74, 6) is 0. The molecule has 0 amide bonds. The van der Waals surface area contributed by atoms with Crippen LogP contribution in [0.4, 0.5) is 13.2 Å². The van der Waals surface area contributed by atoms with Gasteiger partial charge in [-0.3, -0.25) is 0 Å². The molecule has 1 N–H and O–H groups in total. The molecule has 0 saturated carbocycles. The van der Waals surface area contributed by atoms with Crippen LogP contribution in [0.5, 0.6) is 0 Å². The number of halogens is 5. The Morgan fingerprint density at radius 3 is 2.40 bits per heavy atom. The number of hydrogen-bond acceptors (Lipinski definition) is 1. The van der Waals surface area contributed by atoms with Crippen molar-refractivity contribution in [1.29, 1.82) is 0 Å². The molecule has 1 rings (SSSR count). The van der Waals surface area contributed by atoms with Crippen molar-refractivity contribution in [2.75, 3.05) is 7.05 Å². The average molecular weight is 260 g/mol. The summed E-state index contributed by atoms with van der Waals surface area (Å²) in [4.78, 5) is 0. The van der Waals surface area contributed by atoms with Gasteiger partial charge in [-0.1, -0.05) is 11.6 Å². The summed E-state index contributed by atoms with van der Waals surface area (Å²) in [6.07, 6.45) is -4.31. The minimum absolute atomic E-state index is 0. The van der Waals surface area contributed by atoms with E-state index >= 15 is 0 Å². The van der Waals surface area contributed by atoms with Gasteiger partial charge in [-0.25, -0.2) is 0 Å². The van der Waals surface area contributed by atoms with Crippen LogP contribution in [-0.4, -0.2) is 7.05 Å². The summed E-state index contributed by atoms with van der Waals surface area (Å²) in [7, 11) is 1.65. The monoisotopic (exact) mass is 259 g/mol. The SMILES string of the molecule is CNCc1cc(C(F)(F)F)ccc1Cl.Cl. The molecule has 0 aliphatic rings. The van der Waals surface area contributed by atoms with Crippen LogP contribution >= 0.6 is 24.0 Å². The summed E-state index contributed by atoms with van der Waals surface area (Å²) in [5.41, 5.74) is -0.226. The Kier molecular flexibility index (Phi) is 5.42. The van der Waals surface area contributed by atoms with Gasteiger partial charge in [-0.2, -0.15) is 13.2 Å². The number of hydrogen-bond donors (Lipinski definition) is 1. The van der Waals surface area contributed by atoms with Crippen molar-refractivity contribution in [2.45, 2.75) is 12.7 Å². The highest BCUT2D eigenvalue weighted by molar-refractivity contribution is 6.31. The van der Waals surface area contributed by atoms with E-state index < -0.39 is 11.7 Å². The highest BCUT2D eigenvalue weighted by Gasteiger charge is 2.30. The smallest absolute Gasteiger partial charge is 0.316 e. The van der Waals surface area contributed by atoms with Crippen molar-refractivity contribution in [3.63, 3.8) is 0 Å². The fourth-order valence-corrected chi connectivity index (χ4v) is 1.26. The lowest BCUT2D eigenvalue weighted by molar-refractivity contribution is -0.137. The first-order chi connectivity index (χ1) is 6.45. The van der Waals surface area contributed by atoms with Crippen LogP contribution in [0.2, 0.25) is 5.02 Å². The summed E-state index contributed by atoms with van der Waals surface area (Å²) in [5, 5.41) is 3.09. The van der Waals surface area contributed by atoms with E-state index in [2.05, 4.69) is 5.32 Å². The molecule has 0 saturated heterocycles. The third-order valence-corrected chi connectivity index (χ3v) is 2.11. The standard InChI is InChI=1S/C9H9ClF3N.ClH/c1-14-5-6-4-7(9(11,12)13)2-3-8(6)10;/h2-4,14H,5H2,1H3;1H. The van der Waals surface area contributed by atoms with Crippen LogP contribution in [0.25, 0.3) is 0 Å². The van der Waals surface area contributed by atoms with Gasteiger partial charge in [0.1, 0.15) is 0 Å². The van der Waals surface area contributed by atoms with Gasteiger partial charge in [0, 0.05) is 11.6 Å². The molecule has 6 heteroatoms. The molecule has 1 aromatic carbocycles. The molecule has 0 fully saturated rings. The molecule has 0 aliphatic heterocycles. The molecule has 0 radical (unpaired) electrons. The molecule has 0 bridgehead atoms. The second-order valence-corrected chi connectivity index (χ2v) is 3.24. The zero-order valence-corrected chi connectivity index (χ0v) is 9.43. The number of alkyl halides is 3. The van der Waals surface area contributed by atoms with Gasteiger partial charge >= 0.3 is 6.18 Å². The van der Waals surface area contributed by atoms with Gasteiger partial charge in [-0.05, 0) is 30.8 Å². The Morgan fingerprint density at radius 2 is 1.93 bits per heavy atom. The van der Waals surface area contributed by atoms with Crippen LogP contribution in [-0.2, 0) is 12.7 Å². The van der Waals surface area contributed by atoms with Crippen molar-refractivity contribution in [1.82, 2.24) is 5.32 Å². The molecular weight excluding hydrogens is 250 g/mol. The molecule has 0 heterocycles. The Labute approximate surface area is 97.0 Å². The minimum Gasteiger partial charge on any atom is -0.316 e. The second-order valence-electron chi connectivity index (χ2n) is 2.83. The third-order valence-electron chi connectivity index (χ3n) is 1.74. The summed E-state index contributed by atoms with van der Waals surface area (Å²) >= 11 is 5.72. The quantitative estimate of drug-likeness (QED) is 0.858. The first kappa shape index (κ1) is 14.5. The first-order valence-electron chi connectivity index (χ1n) is 3.95. The predicted molar refractivity (Wildman–Crippen MR) is 56.5 cm³/mol. The fourth-order valence-electron chi connectivity index (χ4n) is 1.08. The van der Waals surface area contributed by atoms with Gasteiger partial charge in [0.2, 0.25) is 0 Å². The van der Waals surface area contributed by atoms with Crippen molar-refractivity contribution >= 4 is 24.0 Å². The van der Waals surface area contributed by atoms with Crippen LogP contribution in [0, 0.1) is 0 Å². The van der Waals surface area contributed by atoms with E-state index in [-0.39, 0.29) is 12.4 Å². The van der Waals surface area contributed by atoms with E-state index in [1.54, 1.807) is 7.05 Å². The van der Waals surface area contributed by atoms with Crippen molar-refractivity contribution in [3.8, 4) is 0 Å². The molecule has 0 spiro atoms. The first-order valence-corrected chi connectivity index (χ1v) is 4.33. The van der Waals surface area contributed by atoms with Gasteiger partial charge < -0.3 is 5.32 Å². The number of benzene rings is 1. The molecule has 0 aromatic heterocycles. The largest absolute Gasteiger partial charge is 0.416 e. The number of nitrogens with one attached hydrogen (secondary N) is 1. The van der Waals surface area contributed by atoms with Gasteiger partial charge in [-0.15, -0.1) is 12.4 Å². The van der Waals surface area contributed by atoms with Crippen LogP contribution in [0.15, 0.2) is 18.2 Å². The van der Waals surface area contributed by atoms with Crippen molar-refractivity contribution in [2.24, 2.45) is 0 Å². The molecule has 15 heavy (non-hydrogen) atoms. The molecule has 0 unspecified atom stereocenters. The van der Waals surface area contributed by atoms with E-state index in [1.807, 2.05) is 0 Å². The summed E-state index contributed by atoms with van der Waals surface area (Å²) in [6, 6.07) is 3.29. The highest BCUT2D eigenvalue weighted by Crippen LogP contribution is 2.31. The highest BCUT2D eigenvalue weighted by atomic mass is 35.5. The lowest BCUT2D eigenvalue weighted by atomic mass is 10.1. The maximum absolute atomic E-state index is 12.3. The molecule has 0 atom stereocenters. The van der Waals surface area contributed by atoms with E-state index in [0.29, 0.717) is 17.1 Å². The average Bonchev–Trinajstić information content (AvgIpc) is 2.07. The molecule has 1 aromatic rings. The zero-order chi connectivity index (χ0) is 10.8. The zero-order valence-electron chi connectivity index (χ0n) is 7.86. The lowest BCUT2D eigenvalue weighted by Crippen LogP contribution is -2.09. The minimum atomic E-state index is -4.31. The predicted octanol–water partition coefficient (Wildman–Crippen LogP) is 3.50. The fraction of sp³-hybridized carbons (Fsp3) is 0.333. The molecule has 86 valence electrons. The van der Waals surface area contributed by atoms with Gasteiger partial charge in [0.05, 0.1) is 5.56 Å². The normalized spacial score (nSPS) is 11.0. The van der Waals surface area contributed by atoms with Crippen molar-refractivity contribution in [3.05, 3.63) is 34.3 Å². The third kappa shape index (κ3) is 3.89. The van der Waals surface area contributed by atoms with E-state index in [0.717, 1.165) is 12.1 Å². The molecular formula is C9H10Cl2F3N. The molecule has 1 nitrogen and oxygen atoms in total. The van der Waals surface area contributed by atoms with Crippen LogP contribution in [0.1, 0.15) is 11.1 Å². The number of rotatable bonds is 2. The Bertz CT molecular complexity index is 326.